The summed E-state index contributed by atoms with van der Waals surface area (Å²) in [6, 6.07) is 11.9. The van der Waals surface area contributed by atoms with E-state index in [-0.39, 0.29) is 13.0 Å². The van der Waals surface area contributed by atoms with Crippen molar-refractivity contribution in [1.29, 1.82) is 0 Å². The van der Waals surface area contributed by atoms with E-state index in [1.54, 1.807) is 32.1 Å². The van der Waals surface area contributed by atoms with Gasteiger partial charge in [0, 0.05) is 28.9 Å². The lowest BCUT2D eigenvalue weighted by molar-refractivity contribution is -0.140. The molecule has 3 fully saturated rings. The standard InChI is InChI=1S/C39H44FN5O6S/c1-24-11-6-4-3-5-7-15-29(41)35(47)44-23-38(22-31(44)34(46)43-39(24)36(48)45(39)52(49,50)37(2)19-20-37)18-17-28-27-14-8-9-16-30(27)42-32(33(28)51-38)25-12-10-13-26(40)21-25/h6,8-14,16,21,24,29,31H,3-5,7,15,17-20,22-23,41H2,1-2H3,(H,43,46)/b11-6-/t24-,29-,31?,38+,39-,45?/m0/s1. The number of benzene rings is 2. The van der Waals surface area contributed by atoms with E-state index < -0.39 is 67.6 Å². The fraction of sp³-hybridized carbons (Fsp3) is 0.487. The third-order valence-electron chi connectivity index (χ3n) is 11.9. The molecular weight excluding hydrogens is 686 g/mol. The van der Waals surface area contributed by atoms with Crippen molar-refractivity contribution in [3.05, 3.63) is 72.1 Å². The van der Waals surface area contributed by atoms with Crippen molar-refractivity contribution in [2.24, 2.45) is 11.7 Å². The maximum atomic E-state index is 14.6. The lowest BCUT2D eigenvalue weighted by Crippen LogP contribution is -2.56. The molecule has 13 heteroatoms. The number of carbonyl (C=O) groups excluding carboxylic acids is 3. The zero-order valence-electron chi connectivity index (χ0n) is 29.4. The third kappa shape index (κ3) is 5.50. The molecular formula is C39H44FN5O6S. The zero-order chi connectivity index (χ0) is 36.6. The van der Waals surface area contributed by atoms with E-state index in [0.29, 0.717) is 55.5 Å². The molecule has 2 spiro atoms. The summed E-state index contributed by atoms with van der Waals surface area (Å²) in [5, 5.41) is 3.77. The first-order chi connectivity index (χ1) is 24.8. The van der Waals surface area contributed by atoms with E-state index in [1.165, 1.54) is 17.0 Å². The molecule has 3 amide bonds. The minimum absolute atomic E-state index is 0.0446. The summed E-state index contributed by atoms with van der Waals surface area (Å²) >= 11 is 0. The van der Waals surface area contributed by atoms with Crippen LogP contribution in [-0.4, -0.2) is 75.0 Å². The lowest BCUT2D eigenvalue weighted by atomic mass is 9.86. The van der Waals surface area contributed by atoms with Gasteiger partial charge in [-0.1, -0.05) is 62.2 Å². The first-order valence-electron chi connectivity index (χ1n) is 18.3. The van der Waals surface area contributed by atoms with Crippen LogP contribution in [0.1, 0.15) is 77.2 Å². The number of halogens is 1. The Morgan fingerprint density at radius 3 is 2.60 bits per heavy atom. The average molecular weight is 730 g/mol. The monoisotopic (exact) mass is 729 g/mol. The molecule has 11 nitrogen and oxygen atoms in total. The summed E-state index contributed by atoms with van der Waals surface area (Å²) in [6.07, 6.45) is 9.19. The van der Waals surface area contributed by atoms with Crippen LogP contribution in [0.25, 0.3) is 22.2 Å². The van der Waals surface area contributed by atoms with Crippen molar-refractivity contribution in [3.8, 4) is 17.0 Å². The number of nitrogens with two attached hydrogens (primary N) is 1. The number of allylic oxidation sites excluding steroid dienone is 1. The molecule has 3 N–H and O–H groups in total. The van der Waals surface area contributed by atoms with Gasteiger partial charge in [-0.2, -0.15) is 0 Å². The molecule has 4 aliphatic heterocycles. The van der Waals surface area contributed by atoms with Gasteiger partial charge in [0.1, 0.15) is 28.9 Å². The predicted molar refractivity (Wildman–Crippen MR) is 193 cm³/mol. The SMILES string of the molecule is C[C@H]1/C=C\CCCCC[C@H](N)C(=O)N2C[C@@]3(CCc4c(c(-c5cccc(F)c5)nc5ccccc45)O3)CC2C(=O)N[C@@]12C(=O)N2S(=O)(=O)C1(C)CC1. The Labute approximate surface area is 302 Å². The number of pyridine rings is 1. The Kier molecular flexibility index (Phi) is 8.25. The quantitative estimate of drug-likeness (QED) is 0.290. The van der Waals surface area contributed by atoms with Crippen LogP contribution >= 0.6 is 0 Å². The molecule has 5 aliphatic rings. The third-order valence-corrected chi connectivity index (χ3v) is 14.5. The van der Waals surface area contributed by atoms with Crippen LogP contribution in [0.15, 0.2) is 60.7 Å². The Bertz CT molecular complexity index is 2140. The predicted octanol–water partition coefficient (Wildman–Crippen LogP) is 4.73. The van der Waals surface area contributed by atoms with E-state index in [1.807, 2.05) is 30.3 Å². The molecule has 2 aromatic carbocycles. The van der Waals surface area contributed by atoms with Gasteiger partial charge in [0.2, 0.25) is 27.5 Å². The Balaban J connectivity index is 1.19. The van der Waals surface area contributed by atoms with Gasteiger partial charge in [0.25, 0.3) is 5.91 Å². The van der Waals surface area contributed by atoms with Crippen molar-refractivity contribution < 1.29 is 31.9 Å². The number of para-hydroxylation sites is 1. The van der Waals surface area contributed by atoms with E-state index in [2.05, 4.69) is 5.32 Å². The fourth-order valence-corrected chi connectivity index (χ4v) is 10.4. The summed E-state index contributed by atoms with van der Waals surface area (Å²) in [7, 11) is -4.07. The molecule has 0 radical (unpaired) electrons. The largest absolute Gasteiger partial charge is 0.483 e. The van der Waals surface area contributed by atoms with Gasteiger partial charge in [-0.05, 0) is 70.1 Å². The highest BCUT2D eigenvalue weighted by atomic mass is 32.2. The van der Waals surface area contributed by atoms with Crippen LogP contribution in [0, 0.1) is 11.7 Å². The maximum Gasteiger partial charge on any atom is 0.287 e. The van der Waals surface area contributed by atoms with Gasteiger partial charge in [0.15, 0.2) is 0 Å². The summed E-state index contributed by atoms with van der Waals surface area (Å²) < 4.78 is 48.8. The highest BCUT2D eigenvalue weighted by Crippen LogP contribution is 2.53. The number of hydrogen-bond donors (Lipinski definition) is 2. The van der Waals surface area contributed by atoms with Crippen molar-refractivity contribution in [1.82, 2.24) is 19.5 Å². The molecule has 52 heavy (non-hydrogen) atoms. The highest BCUT2D eigenvalue weighted by Gasteiger charge is 2.76. The Morgan fingerprint density at radius 1 is 1.04 bits per heavy atom. The van der Waals surface area contributed by atoms with Crippen LogP contribution in [-0.2, 0) is 30.8 Å². The van der Waals surface area contributed by atoms with E-state index >= 15 is 0 Å². The molecule has 1 saturated carbocycles. The molecule has 1 aliphatic carbocycles. The first-order valence-corrected chi connectivity index (χ1v) is 19.8. The first kappa shape index (κ1) is 34.7. The molecule has 1 aromatic heterocycles. The van der Waals surface area contributed by atoms with Crippen LogP contribution in [0.4, 0.5) is 4.39 Å². The number of amides is 3. The van der Waals surface area contributed by atoms with Gasteiger partial charge in [0.05, 0.1) is 22.9 Å². The Morgan fingerprint density at radius 2 is 1.83 bits per heavy atom. The van der Waals surface area contributed by atoms with Gasteiger partial charge in [-0.15, -0.1) is 0 Å². The number of nitrogens with zero attached hydrogens (tertiary/aromatic N) is 3. The number of ether oxygens (including phenoxy) is 1. The molecule has 0 bridgehead atoms. The lowest BCUT2D eigenvalue weighted by Gasteiger charge is -2.37. The highest BCUT2D eigenvalue weighted by molar-refractivity contribution is 7.91. The minimum atomic E-state index is -4.07. The summed E-state index contributed by atoms with van der Waals surface area (Å²) in [5.74, 6) is -2.35. The molecule has 274 valence electrons. The second-order valence-electron chi connectivity index (χ2n) is 15.5. The number of nitrogens with one attached hydrogen (secondary N) is 1. The van der Waals surface area contributed by atoms with Crippen LogP contribution in [0.3, 0.4) is 0 Å². The molecule has 3 aromatic rings. The Hall–Kier alpha value is -4.36. The van der Waals surface area contributed by atoms with Crippen molar-refractivity contribution >= 4 is 38.6 Å². The van der Waals surface area contributed by atoms with Gasteiger partial charge >= 0.3 is 0 Å². The number of rotatable bonds is 3. The number of sulfonamides is 1. The van der Waals surface area contributed by atoms with Gasteiger partial charge < -0.3 is 20.7 Å². The smallest absolute Gasteiger partial charge is 0.287 e. The number of carbonyl (C=O) groups is 3. The average Bonchev–Trinajstić information content (AvgIpc) is 3.98. The molecule has 1 unspecified atom stereocenters. The zero-order valence-corrected chi connectivity index (χ0v) is 30.3. The molecule has 5 heterocycles. The molecule has 8 rings (SSSR count). The molecule has 2 saturated heterocycles. The number of aromatic nitrogens is 1. The van der Waals surface area contributed by atoms with Crippen LogP contribution in [0.5, 0.6) is 5.75 Å². The summed E-state index contributed by atoms with van der Waals surface area (Å²) in [5.41, 5.74) is 6.30. The second kappa shape index (κ2) is 12.4. The summed E-state index contributed by atoms with van der Waals surface area (Å²) in [6.45, 7) is 3.40. The normalized spacial score (nSPS) is 31.0. The minimum Gasteiger partial charge on any atom is -0.483 e. The number of aryl methyl sites for hydroxylation is 1. The molecule has 5 atom stereocenters. The van der Waals surface area contributed by atoms with Crippen LogP contribution in [0.2, 0.25) is 0 Å². The van der Waals surface area contributed by atoms with E-state index in [0.717, 1.165) is 40.0 Å². The fourth-order valence-electron chi connectivity index (χ4n) is 8.36. The van der Waals surface area contributed by atoms with Gasteiger partial charge in [-0.3, -0.25) is 14.4 Å². The van der Waals surface area contributed by atoms with Gasteiger partial charge in [-0.25, -0.2) is 22.1 Å². The summed E-state index contributed by atoms with van der Waals surface area (Å²) in [4.78, 5) is 48.9. The van der Waals surface area contributed by atoms with Crippen molar-refractivity contribution in [2.45, 2.75) is 106 Å². The van der Waals surface area contributed by atoms with Crippen LogP contribution < -0.4 is 15.8 Å². The topological polar surface area (TPSA) is 152 Å². The second-order valence-corrected chi connectivity index (χ2v) is 17.8. The van der Waals surface area contributed by atoms with Crippen molar-refractivity contribution in [2.75, 3.05) is 6.54 Å². The maximum absolute atomic E-state index is 14.6. The van der Waals surface area contributed by atoms with Crippen molar-refractivity contribution in [3.63, 3.8) is 0 Å². The number of fused-ring (bicyclic) bond motifs is 4. The number of hydrogen-bond acceptors (Lipinski definition) is 8. The van der Waals surface area contributed by atoms with E-state index in [4.69, 9.17) is 15.5 Å². The van der Waals surface area contributed by atoms with E-state index in [9.17, 15) is 27.2 Å².